The molecule has 0 aliphatic rings. The van der Waals surface area contributed by atoms with Crippen molar-refractivity contribution >= 4 is 46.0 Å². The minimum Gasteiger partial charge on any atom is -0.382 e. The van der Waals surface area contributed by atoms with Gasteiger partial charge >= 0.3 is 0 Å². The maximum Gasteiger partial charge on any atom is 0.269 e. The smallest absolute Gasteiger partial charge is 0.269 e. The maximum absolute atomic E-state index is 14.8. The van der Waals surface area contributed by atoms with Crippen LogP contribution in [0.25, 0.3) is 16.6 Å². The molecule has 0 radical (unpaired) electrons. The lowest BCUT2D eigenvalue weighted by Crippen LogP contribution is -2.31. The Morgan fingerprint density at radius 3 is 2.70 bits per heavy atom. The zero-order valence-corrected chi connectivity index (χ0v) is 18.1. The van der Waals surface area contributed by atoms with E-state index in [2.05, 4.69) is 19.9 Å². The summed E-state index contributed by atoms with van der Waals surface area (Å²) >= 11 is 6.25. The molecule has 0 amide bonds. The van der Waals surface area contributed by atoms with Crippen molar-refractivity contribution < 1.29 is 4.39 Å². The SMILES string of the molecule is CCCN(c1nc(N)nc(N)c1C#N)c1nc2c(F)ccc(Cl)c2c(=O)n1-c1cccnc1. The molecule has 0 saturated heterocycles. The van der Waals surface area contributed by atoms with E-state index in [1.165, 1.54) is 21.7 Å². The Morgan fingerprint density at radius 2 is 2.03 bits per heavy atom. The van der Waals surface area contributed by atoms with Crippen LogP contribution in [-0.2, 0) is 0 Å². The molecular weight excluding hydrogens is 449 g/mol. The van der Waals surface area contributed by atoms with E-state index in [4.69, 9.17) is 23.1 Å². The van der Waals surface area contributed by atoms with E-state index >= 15 is 0 Å². The highest BCUT2D eigenvalue weighted by molar-refractivity contribution is 6.35. The van der Waals surface area contributed by atoms with Crippen molar-refractivity contribution in [3.8, 4) is 11.8 Å². The molecule has 33 heavy (non-hydrogen) atoms. The summed E-state index contributed by atoms with van der Waals surface area (Å²) in [6.07, 6.45) is 3.54. The molecular formula is C21H17ClFN9O. The number of nitrogens with two attached hydrogens (primary N) is 2. The third kappa shape index (κ3) is 3.77. The summed E-state index contributed by atoms with van der Waals surface area (Å²) in [6, 6.07) is 7.65. The zero-order valence-electron chi connectivity index (χ0n) is 17.3. The lowest BCUT2D eigenvalue weighted by atomic mass is 10.2. The van der Waals surface area contributed by atoms with Crippen LogP contribution in [0.15, 0.2) is 41.5 Å². The molecule has 12 heteroatoms. The monoisotopic (exact) mass is 465 g/mol. The highest BCUT2D eigenvalue weighted by atomic mass is 35.5. The van der Waals surface area contributed by atoms with Gasteiger partial charge in [-0.2, -0.15) is 15.2 Å². The summed E-state index contributed by atoms with van der Waals surface area (Å²) < 4.78 is 16.0. The van der Waals surface area contributed by atoms with Crippen molar-refractivity contribution in [3.05, 3.63) is 63.4 Å². The molecule has 166 valence electrons. The summed E-state index contributed by atoms with van der Waals surface area (Å²) in [5, 5.41) is 9.64. The Balaban J connectivity index is 2.17. The van der Waals surface area contributed by atoms with Gasteiger partial charge in [0.05, 0.1) is 22.3 Å². The van der Waals surface area contributed by atoms with Crippen LogP contribution in [0.2, 0.25) is 5.02 Å². The fourth-order valence-electron chi connectivity index (χ4n) is 3.42. The number of nitrogens with zero attached hydrogens (tertiary/aromatic N) is 7. The predicted octanol–water partition coefficient (Wildman–Crippen LogP) is 2.95. The van der Waals surface area contributed by atoms with Gasteiger partial charge in [-0.05, 0) is 30.7 Å². The maximum atomic E-state index is 14.8. The van der Waals surface area contributed by atoms with E-state index < -0.39 is 11.4 Å². The molecule has 4 N–H and O–H groups in total. The van der Waals surface area contributed by atoms with E-state index in [9.17, 15) is 14.4 Å². The number of aromatic nitrogens is 5. The molecule has 0 atom stereocenters. The van der Waals surface area contributed by atoms with Gasteiger partial charge in [0.25, 0.3) is 5.56 Å². The number of anilines is 4. The molecule has 10 nitrogen and oxygen atoms in total. The zero-order chi connectivity index (χ0) is 23.7. The van der Waals surface area contributed by atoms with Gasteiger partial charge in [0.1, 0.15) is 28.8 Å². The molecule has 0 bridgehead atoms. The van der Waals surface area contributed by atoms with Crippen molar-refractivity contribution in [1.82, 2.24) is 24.5 Å². The van der Waals surface area contributed by atoms with Crippen molar-refractivity contribution in [2.24, 2.45) is 0 Å². The van der Waals surface area contributed by atoms with Gasteiger partial charge in [-0.25, -0.2) is 13.9 Å². The van der Waals surface area contributed by atoms with E-state index in [1.807, 2.05) is 13.0 Å². The first-order chi connectivity index (χ1) is 15.9. The quantitative estimate of drug-likeness (QED) is 0.452. The Hall–Kier alpha value is -4.30. The number of hydrogen-bond donors (Lipinski definition) is 2. The Morgan fingerprint density at radius 1 is 1.24 bits per heavy atom. The average Bonchev–Trinajstić information content (AvgIpc) is 2.79. The molecule has 0 spiro atoms. The van der Waals surface area contributed by atoms with Crippen molar-refractivity contribution in [2.45, 2.75) is 13.3 Å². The fourth-order valence-corrected chi connectivity index (χ4v) is 3.65. The lowest BCUT2D eigenvalue weighted by Gasteiger charge is -2.26. The van der Waals surface area contributed by atoms with Gasteiger partial charge in [-0.1, -0.05) is 18.5 Å². The lowest BCUT2D eigenvalue weighted by molar-refractivity contribution is 0.635. The molecule has 0 aliphatic heterocycles. The van der Waals surface area contributed by atoms with E-state index in [-0.39, 0.29) is 51.6 Å². The molecule has 0 saturated carbocycles. The molecule has 4 aromatic rings. The van der Waals surface area contributed by atoms with Crippen LogP contribution in [-0.4, -0.2) is 31.0 Å². The van der Waals surface area contributed by atoms with Gasteiger partial charge in [-0.15, -0.1) is 0 Å². The number of halogens is 2. The second kappa shape index (κ2) is 8.68. The normalized spacial score (nSPS) is 10.8. The standard InChI is InChI=1S/C21H17ClFN9O/c1-2-8-31(18-12(9-24)17(25)29-20(26)30-18)21-28-16-14(23)6-5-13(22)15(16)19(33)32(21)11-4-3-7-27-10-11/h3-7,10H,2,8H2,1H3,(H4,25,26,29,30). The average molecular weight is 466 g/mol. The fraction of sp³-hybridized carbons (Fsp3) is 0.143. The Kier molecular flexibility index (Phi) is 5.76. The first-order valence-corrected chi connectivity index (χ1v) is 10.2. The third-order valence-corrected chi connectivity index (χ3v) is 5.12. The van der Waals surface area contributed by atoms with Crippen LogP contribution in [0.1, 0.15) is 18.9 Å². The summed E-state index contributed by atoms with van der Waals surface area (Å²) in [7, 11) is 0. The number of nitrogen functional groups attached to an aromatic ring is 2. The largest absolute Gasteiger partial charge is 0.382 e. The predicted molar refractivity (Wildman–Crippen MR) is 123 cm³/mol. The topological polar surface area (TPSA) is 153 Å². The molecule has 0 aliphatic carbocycles. The first-order valence-electron chi connectivity index (χ1n) is 9.79. The van der Waals surface area contributed by atoms with Crippen LogP contribution in [0, 0.1) is 17.1 Å². The van der Waals surface area contributed by atoms with Gasteiger partial charge in [0.2, 0.25) is 11.9 Å². The third-order valence-electron chi connectivity index (χ3n) is 4.80. The van der Waals surface area contributed by atoms with Crippen molar-refractivity contribution in [3.63, 3.8) is 0 Å². The van der Waals surface area contributed by atoms with E-state index in [0.717, 1.165) is 6.07 Å². The molecule has 0 unspecified atom stereocenters. The molecule has 0 fully saturated rings. The molecule has 1 aromatic carbocycles. The van der Waals surface area contributed by atoms with Gasteiger partial charge in [0.15, 0.2) is 5.82 Å². The second-order valence-corrected chi connectivity index (χ2v) is 7.35. The highest BCUT2D eigenvalue weighted by Gasteiger charge is 2.26. The summed E-state index contributed by atoms with van der Waals surface area (Å²) in [4.78, 5) is 31.6. The van der Waals surface area contributed by atoms with Gasteiger partial charge in [-0.3, -0.25) is 14.7 Å². The van der Waals surface area contributed by atoms with Crippen molar-refractivity contribution in [2.75, 3.05) is 22.9 Å². The minimum absolute atomic E-state index is 0.0162. The van der Waals surface area contributed by atoms with Crippen LogP contribution < -0.4 is 21.9 Å². The summed E-state index contributed by atoms with van der Waals surface area (Å²) in [6.45, 7) is 2.11. The van der Waals surface area contributed by atoms with Crippen LogP contribution in [0.4, 0.5) is 27.9 Å². The number of hydrogen-bond acceptors (Lipinski definition) is 9. The minimum atomic E-state index is -0.732. The highest BCUT2D eigenvalue weighted by Crippen LogP contribution is 2.32. The number of benzene rings is 1. The van der Waals surface area contributed by atoms with E-state index in [1.54, 1.807) is 18.3 Å². The van der Waals surface area contributed by atoms with Gasteiger partial charge in [0, 0.05) is 12.7 Å². The Bertz CT molecular complexity index is 1470. The summed E-state index contributed by atoms with van der Waals surface area (Å²) in [5.74, 6) is -1.02. The van der Waals surface area contributed by atoms with Crippen LogP contribution >= 0.6 is 11.6 Å². The second-order valence-electron chi connectivity index (χ2n) is 6.95. The molecule has 3 heterocycles. The number of nitriles is 1. The number of pyridine rings is 1. The summed E-state index contributed by atoms with van der Waals surface area (Å²) in [5.41, 5.74) is 11.1. The number of rotatable bonds is 5. The van der Waals surface area contributed by atoms with Crippen molar-refractivity contribution in [1.29, 1.82) is 5.26 Å². The van der Waals surface area contributed by atoms with Gasteiger partial charge < -0.3 is 11.5 Å². The molecule has 3 aromatic heterocycles. The Labute approximate surface area is 191 Å². The van der Waals surface area contributed by atoms with E-state index in [0.29, 0.717) is 12.1 Å². The van der Waals surface area contributed by atoms with Crippen LogP contribution in [0.3, 0.4) is 0 Å². The molecule has 4 rings (SSSR count). The first kappa shape index (κ1) is 21.9. The van der Waals surface area contributed by atoms with Crippen LogP contribution in [0.5, 0.6) is 0 Å². The number of fused-ring (bicyclic) bond motifs is 1.